The first-order valence-electron chi connectivity index (χ1n) is 3.60. The van der Waals surface area contributed by atoms with Crippen molar-refractivity contribution in [2.75, 3.05) is 11.5 Å². The zero-order valence-electron chi connectivity index (χ0n) is 7.31. The summed E-state index contributed by atoms with van der Waals surface area (Å²) in [5, 5.41) is 3.92. The molecule has 0 fully saturated rings. The van der Waals surface area contributed by atoms with Crippen molar-refractivity contribution in [2.45, 2.75) is 11.5 Å². The summed E-state index contributed by atoms with van der Waals surface area (Å²) in [7, 11) is -4.23. The van der Waals surface area contributed by atoms with Gasteiger partial charge in [-0.25, -0.2) is 27.3 Å². The molecule has 0 amide bonds. The number of anilines is 2. The average Bonchev–Trinajstić information content (AvgIpc) is 2.00. The maximum absolute atomic E-state index is 12.3. The summed E-state index contributed by atoms with van der Waals surface area (Å²) in [6.07, 6.45) is -2.99. The Morgan fingerprint density at radius 3 is 2.20 bits per heavy atom. The number of nitrogens with zero attached hydrogens (tertiary/aromatic N) is 1. The lowest BCUT2D eigenvalue weighted by Gasteiger charge is -2.08. The molecule has 9 heteroatoms. The van der Waals surface area contributed by atoms with Gasteiger partial charge in [-0.2, -0.15) is 0 Å². The third-order valence-electron chi connectivity index (χ3n) is 1.55. The van der Waals surface area contributed by atoms with Crippen LogP contribution in [0, 0.1) is 0 Å². The SMILES string of the molecule is Nc1cc(N)c(S(N)(=O)=O)nc1C(F)F. The van der Waals surface area contributed by atoms with Crippen LogP contribution in [0.5, 0.6) is 0 Å². The van der Waals surface area contributed by atoms with Crippen LogP contribution in [0.4, 0.5) is 20.2 Å². The first-order chi connectivity index (χ1) is 6.73. The summed E-state index contributed by atoms with van der Waals surface area (Å²) in [5.41, 5.74) is 8.81. The Balaban J connectivity index is 3.50. The van der Waals surface area contributed by atoms with Crippen LogP contribution < -0.4 is 16.6 Å². The normalized spacial score (nSPS) is 12.0. The van der Waals surface area contributed by atoms with Gasteiger partial charge in [0.1, 0.15) is 5.69 Å². The van der Waals surface area contributed by atoms with Gasteiger partial charge in [0.05, 0.1) is 11.4 Å². The molecule has 0 spiro atoms. The minimum absolute atomic E-state index is 0.362. The molecule has 0 aliphatic rings. The topological polar surface area (TPSA) is 125 Å². The van der Waals surface area contributed by atoms with Gasteiger partial charge in [0, 0.05) is 0 Å². The molecular formula is C6H8F2N4O2S. The van der Waals surface area contributed by atoms with Crippen molar-refractivity contribution in [1.82, 2.24) is 4.98 Å². The minimum Gasteiger partial charge on any atom is -0.397 e. The molecule has 6 N–H and O–H groups in total. The van der Waals surface area contributed by atoms with Crippen molar-refractivity contribution >= 4 is 21.4 Å². The van der Waals surface area contributed by atoms with E-state index in [9.17, 15) is 17.2 Å². The smallest absolute Gasteiger partial charge is 0.282 e. The van der Waals surface area contributed by atoms with E-state index in [4.69, 9.17) is 16.6 Å². The second-order valence-electron chi connectivity index (χ2n) is 2.70. The van der Waals surface area contributed by atoms with Crippen LogP contribution in [0.15, 0.2) is 11.1 Å². The van der Waals surface area contributed by atoms with E-state index in [1.807, 2.05) is 0 Å². The second-order valence-corrected chi connectivity index (χ2v) is 4.18. The van der Waals surface area contributed by atoms with E-state index in [2.05, 4.69) is 4.98 Å². The highest BCUT2D eigenvalue weighted by atomic mass is 32.2. The van der Waals surface area contributed by atoms with Gasteiger partial charge in [-0.05, 0) is 6.07 Å². The van der Waals surface area contributed by atoms with E-state index in [1.165, 1.54) is 0 Å². The molecule has 0 saturated heterocycles. The Hall–Kier alpha value is -1.48. The van der Waals surface area contributed by atoms with Gasteiger partial charge in [0.15, 0.2) is 5.03 Å². The molecule has 0 atom stereocenters. The van der Waals surface area contributed by atoms with Gasteiger partial charge in [-0.1, -0.05) is 0 Å². The van der Waals surface area contributed by atoms with Gasteiger partial charge in [0.25, 0.3) is 16.4 Å². The number of halogens is 2. The monoisotopic (exact) mass is 238 g/mol. The molecule has 0 aliphatic carbocycles. The van der Waals surface area contributed by atoms with E-state index < -0.39 is 27.2 Å². The fourth-order valence-corrected chi connectivity index (χ4v) is 1.56. The van der Waals surface area contributed by atoms with Crippen LogP contribution in [0.3, 0.4) is 0 Å². The van der Waals surface area contributed by atoms with E-state index in [0.717, 1.165) is 6.07 Å². The molecule has 0 aromatic carbocycles. The van der Waals surface area contributed by atoms with Crippen LogP contribution in [-0.4, -0.2) is 13.4 Å². The fraction of sp³-hybridized carbons (Fsp3) is 0.167. The Bertz CT molecular complexity index is 488. The standard InChI is InChI=1S/C6H8F2N4O2S/c7-5(8)4-2(9)1-3(10)6(12-4)15(11,13)14/h1,5H,9-10H2,(H2,11,13,14). The molecule has 0 radical (unpaired) electrons. The Labute approximate surface area is 84.1 Å². The summed E-state index contributed by atoms with van der Waals surface area (Å²) >= 11 is 0. The number of nitrogen functional groups attached to an aromatic ring is 2. The van der Waals surface area contributed by atoms with Gasteiger partial charge < -0.3 is 11.5 Å². The lowest BCUT2D eigenvalue weighted by molar-refractivity contribution is 0.146. The van der Waals surface area contributed by atoms with Crippen LogP contribution in [0.2, 0.25) is 0 Å². The lowest BCUT2D eigenvalue weighted by Crippen LogP contribution is -2.18. The molecule has 0 aliphatic heterocycles. The van der Waals surface area contributed by atoms with Crippen molar-refractivity contribution < 1.29 is 17.2 Å². The van der Waals surface area contributed by atoms with Gasteiger partial charge in [-0.3, -0.25) is 0 Å². The average molecular weight is 238 g/mol. The highest BCUT2D eigenvalue weighted by Gasteiger charge is 2.21. The number of rotatable bonds is 2. The number of alkyl halides is 2. The number of nitrogens with two attached hydrogens (primary N) is 3. The zero-order chi connectivity index (χ0) is 11.8. The Morgan fingerprint density at radius 2 is 1.80 bits per heavy atom. The number of hydrogen-bond acceptors (Lipinski definition) is 5. The predicted molar refractivity (Wildman–Crippen MR) is 49.4 cm³/mol. The summed E-state index contributed by atoms with van der Waals surface area (Å²) in [4.78, 5) is 3.13. The summed E-state index contributed by atoms with van der Waals surface area (Å²) in [5.74, 6) is 0. The highest BCUT2D eigenvalue weighted by molar-refractivity contribution is 7.89. The van der Waals surface area contributed by atoms with Crippen molar-refractivity contribution in [2.24, 2.45) is 5.14 Å². The predicted octanol–water partition coefficient (Wildman–Crippen LogP) is -0.169. The number of aromatic nitrogens is 1. The number of hydrogen-bond donors (Lipinski definition) is 3. The maximum Gasteiger partial charge on any atom is 0.282 e. The van der Waals surface area contributed by atoms with Crippen LogP contribution in [0.1, 0.15) is 12.1 Å². The first kappa shape index (κ1) is 11.6. The van der Waals surface area contributed by atoms with Crippen LogP contribution in [0.25, 0.3) is 0 Å². The molecule has 1 aromatic rings. The fourth-order valence-electron chi connectivity index (χ4n) is 0.944. The molecule has 1 heterocycles. The quantitative estimate of drug-likeness (QED) is 0.659. The van der Waals surface area contributed by atoms with Crippen molar-refractivity contribution in [3.63, 3.8) is 0 Å². The third-order valence-corrected chi connectivity index (χ3v) is 2.42. The number of sulfonamides is 1. The van der Waals surface area contributed by atoms with Crippen molar-refractivity contribution in [3.05, 3.63) is 11.8 Å². The Kier molecular flexibility index (Phi) is 2.77. The zero-order valence-corrected chi connectivity index (χ0v) is 8.13. The van der Waals surface area contributed by atoms with Gasteiger partial charge >= 0.3 is 0 Å². The number of pyridine rings is 1. The molecule has 0 saturated carbocycles. The van der Waals surface area contributed by atoms with E-state index >= 15 is 0 Å². The van der Waals surface area contributed by atoms with Gasteiger partial charge in [0.2, 0.25) is 0 Å². The van der Waals surface area contributed by atoms with Crippen molar-refractivity contribution in [1.29, 1.82) is 0 Å². The first-order valence-corrected chi connectivity index (χ1v) is 5.15. The Morgan fingerprint density at radius 1 is 1.27 bits per heavy atom. The summed E-state index contributed by atoms with van der Waals surface area (Å²) in [6.45, 7) is 0. The summed E-state index contributed by atoms with van der Waals surface area (Å²) < 4.78 is 46.4. The molecular weight excluding hydrogens is 230 g/mol. The van der Waals surface area contributed by atoms with E-state index in [1.54, 1.807) is 0 Å². The molecule has 0 bridgehead atoms. The molecule has 0 unspecified atom stereocenters. The van der Waals surface area contributed by atoms with Gasteiger partial charge in [-0.15, -0.1) is 0 Å². The second kappa shape index (κ2) is 3.59. The molecule has 15 heavy (non-hydrogen) atoms. The molecule has 1 aromatic heterocycles. The molecule has 84 valence electrons. The van der Waals surface area contributed by atoms with Crippen LogP contribution >= 0.6 is 0 Å². The van der Waals surface area contributed by atoms with Crippen molar-refractivity contribution in [3.8, 4) is 0 Å². The molecule has 1 rings (SSSR count). The molecule has 6 nitrogen and oxygen atoms in total. The minimum atomic E-state index is -4.23. The van der Waals surface area contributed by atoms with Crippen LogP contribution in [-0.2, 0) is 10.0 Å². The van der Waals surface area contributed by atoms with E-state index in [0.29, 0.717) is 0 Å². The van der Waals surface area contributed by atoms with E-state index in [-0.39, 0.29) is 11.4 Å². The largest absolute Gasteiger partial charge is 0.397 e. The number of primary sulfonamides is 1. The highest BCUT2D eigenvalue weighted by Crippen LogP contribution is 2.27. The summed E-state index contributed by atoms with van der Waals surface area (Å²) in [6, 6.07) is 0.883. The maximum atomic E-state index is 12.3. The lowest BCUT2D eigenvalue weighted by atomic mass is 10.3. The third kappa shape index (κ3) is 2.30.